The molecule has 1 rings (SSSR count). The molecule has 1 heterocycles. The molecule has 0 fully saturated rings. The first-order chi connectivity index (χ1) is 6.56. The molecule has 0 aliphatic rings. The van der Waals surface area contributed by atoms with Crippen molar-refractivity contribution in [1.82, 2.24) is 4.98 Å². The fourth-order valence-corrected chi connectivity index (χ4v) is 1.05. The zero-order valence-electron chi connectivity index (χ0n) is 7.70. The summed E-state index contributed by atoms with van der Waals surface area (Å²) in [5.41, 5.74) is 5.57. The van der Waals surface area contributed by atoms with Crippen LogP contribution in [0.4, 0.5) is 4.39 Å². The van der Waals surface area contributed by atoms with Crippen LogP contribution in [-0.2, 0) is 0 Å². The summed E-state index contributed by atoms with van der Waals surface area (Å²) in [5, 5.41) is 8.52. The molecule has 1 atom stereocenters. The van der Waals surface area contributed by atoms with Crippen molar-refractivity contribution in [2.24, 2.45) is 5.73 Å². The van der Waals surface area contributed by atoms with Crippen molar-refractivity contribution in [2.45, 2.75) is 19.4 Å². The summed E-state index contributed by atoms with van der Waals surface area (Å²) in [4.78, 5) is 13.9. The molecule has 0 aliphatic carbocycles. The lowest BCUT2D eigenvalue weighted by Crippen LogP contribution is -2.12. The van der Waals surface area contributed by atoms with E-state index >= 15 is 0 Å². The molecule has 5 heteroatoms. The summed E-state index contributed by atoms with van der Waals surface area (Å²) in [6.45, 7) is 1.85. The normalized spacial score (nSPS) is 12.5. The molecule has 1 unspecified atom stereocenters. The molecule has 76 valence electrons. The number of pyridine rings is 1. The molecule has 0 bridgehead atoms. The maximum atomic E-state index is 13.1. The number of hydrogen-bond acceptors (Lipinski definition) is 3. The number of carboxylic acids is 1. The Hall–Kier alpha value is -1.49. The van der Waals surface area contributed by atoms with Gasteiger partial charge in [0.05, 0.1) is 0 Å². The van der Waals surface area contributed by atoms with Gasteiger partial charge in [0.1, 0.15) is 0 Å². The van der Waals surface area contributed by atoms with E-state index in [9.17, 15) is 9.18 Å². The predicted octanol–water partition coefficient (Wildman–Crippen LogP) is 1.33. The van der Waals surface area contributed by atoms with E-state index in [4.69, 9.17) is 10.8 Å². The first-order valence-electron chi connectivity index (χ1n) is 4.20. The minimum absolute atomic E-state index is 0.306. The van der Waals surface area contributed by atoms with Crippen LogP contribution in [0.15, 0.2) is 12.3 Å². The second-order valence-electron chi connectivity index (χ2n) is 2.92. The Kier molecular flexibility index (Phi) is 3.14. The third-order valence-electron chi connectivity index (χ3n) is 1.93. The molecule has 0 aromatic carbocycles. The number of carboxylic acid groups (broad SMARTS) is 1. The Bertz CT molecular complexity index is 355. The van der Waals surface area contributed by atoms with Crippen molar-refractivity contribution in [2.75, 3.05) is 0 Å². The van der Waals surface area contributed by atoms with Crippen LogP contribution in [0.3, 0.4) is 0 Å². The highest BCUT2D eigenvalue weighted by molar-refractivity contribution is 5.85. The molecule has 4 nitrogen and oxygen atoms in total. The quantitative estimate of drug-likeness (QED) is 0.768. The van der Waals surface area contributed by atoms with E-state index in [0.29, 0.717) is 12.0 Å². The number of nitrogens with zero attached hydrogens (tertiary/aromatic N) is 1. The van der Waals surface area contributed by atoms with Gasteiger partial charge in [0.25, 0.3) is 0 Å². The van der Waals surface area contributed by atoms with Gasteiger partial charge in [0.15, 0.2) is 11.5 Å². The molecule has 0 saturated heterocycles. The van der Waals surface area contributed by atoms with Gasteiger partial charge >= 0.3 is 5.97 Å². The zero-order chi connectivity index (χ0) is 10.7. The van der Waals surface area contributed by atoms with Gasteiger partial charge < -0.3 is 10.8 Å². The summed E-state index contributed by atoms with van der Waals surface area (Å²) in [7, 11) is 0. The average molecular weight is 198 g/mol. The number of aromatic carboxylic acids is 1. The lowest BCUT2D eigenvalue weighted by atomic mass is 10.1. The number of halogens is 1. The molecule has 0 radical (unpaired) electrons. The number of rotatable bonds is 3. The van der Waals surface area contributed by atoms with Gasteiger partial charge in [-0.25, -0.2) is 14.2 Å². The first kappa shape index (κ1) is 10.6. The van der Waals surface area contributed by atoms with Gasteiger partial charge in [-0.15, -0.1) is 0 Å². The lowest BCUT2D eigenvalue weighted by Gasteiger charge is -2.08. The molecular formula is C9H11FN2O2. The molecule has 0 aliphatic heterocycles. The molecule has 0 spiro atoms. The van der Waals surface area contributed by atoms with E-state index in [2.05, 4.69) is 4.98 Å². The highest BCUT2D eigenvalue weighted by Crippen LogP contribution is 2.15. The van der Waals surface area contributed by atoms with Gasteiger partial charge in [-0.2, -0.15) is 0 Å². The Morgan fingerprint density at radius 1 is 1.79 bits per heavy atom. The van der Waals surface area contributed by atoms with Crippen LogP contribution in [-0.4, -0.2) is 16.1 Å². The van der Waals surface area contributed by atoms with Crippen molar-refractivity contribution in [3.8, 4) is 0 Å². The van der Waals surface area contributed by atoms with Crippen LogP contribution in [0, 0.1) is 5.82 Å². The monoisotopic (exact) mass is 198 g/mol. The van der Waals surface area contributed by atoms with Gasteiger partial charge in [0, 0.05) is 12.2 Å². The van der Waals surface area contributed by atoms with Crippen molar-refractivity contribution in [1.29, 1.82) is 0 Å². The number of nitrogens with two attached hydrogens (primary N) is 1. The second kappa shape index (κ2) is 4.15. The largest absolute Gasteiger partial charge is 0.476 e. The van der Waals surface area contributed by atoms with Crippen LogP contribution in [0.5, 0.6) is 0 Å². The SMILES string of the molecule is CCC(N)c1cnc(C(=O)O)c(F)c1. The Balaban J connectivity index is 3.06. The number of aromatic nitrogens is 1. The summed E-state index contributed by atoms with van der Waals surface area (Å²) >= 11 is 0. The zero-order valence-corrected chi connectivity index (χ0v) is 7.70. The third-order valence-corrected chi connectivity index (χ3v) is 1.93. The van der Waals surface area contributed by atoms with Gasteiger partial charge in [0.2, 0.25) is 0 Å². The summed E-state index contributed by atoms with van der Waals surface area (Å²) in [6.07, 6.45) is 1.94. The second-order valence-corrected chi connectivity index (χ2v) is 2.92. The molecule has 1 aromatic rings. The van der Waals surface area contributed by atoms with Crippen LogP contribution < -0.4 is 5.73 Å². The summed E-state index contributed by atoms with van der Waals surface area (Å²) in [6, 6.07) is 0.810. The van der Waals surface area contributed by atoms with E-state index in [1.807, 2.05) is 6.92 Å². The standard InChI is InChI=1S/C9H11FN2O2/c1-2-7(11)5-3-6(10)8(9(13)14)12-4-5/h3-4,7H,2,11H2,1H3,(H,13,14). The summed E-state index contributed by atoms with van der Waals surface area (Å²) in [5.74, 6) is -2.22. The maximum absolute atomic E-state index is 13.1. The fourth-order valence-electron chi connectivity index (χ4n) is 1.05. The minimum Gasteiger partial charge on any atom is -0.476 e. The fraction of sp³-hybridized carbons (Fsp3) is 0.333. The van der Waals surface area contributed by atoms with E-state index in [-0.39, 0.29) is 6.04 Å². The smallest absolute Gasteiger partial charge is 0.357 e. The lowest BCUT2D eigenvalue weighted by molar-refractivity contribution is 0.0685. The van der Waals surface area contributed by atoms with Crippen molar-refractivity contribution < 1.29 is 14.3 Å². The van der Waals surface area contributed by atoms with E-state index in [0.717, 1.165) is 6.07 Å². The Morgan fingerprint density at radius 3 is 2.86 bits per heavy atom. The first-order valence-corrected chi connectivity index (χ1v) is 4.20. The van der Waals surface area contributed by atoms with Gasteiger partial charge in [-0.05, 0) is 18.1 Å². The number of hydrogen-bond donors (Lipinski definition) is 2. The maximum Gasteiger partial charge on any atom is 0.357 e. The van der Waals surface area contributed by atoms with Crippen molar-refractivity contribution >= 4 is 5.97 Å². The molecule has 14 heavy (non-hydrogen) atoms. The molecule has 0 amide bonds. The van der Waals surface area contributed by atoms with Crippen LogP contribution >= 0.6 is 0 Å². The topological polar surface area (TPSA) is 76.2 Å². The predicted molar refractivity (Wildman–Crippen MR) is 48.4 cm³/mol. The van der Waals surface area contributed by atoms with Crippen LogP contribution in [0.25, 0.3) is 0 Å². The van der Waals surface area contributed by atoms with Crippen LogP contribution in [0.2, 0.25) is 0 Å². The number of carbonyl (C=O) groups is 1. The van der Waals surface area contributed by atoms with Gasteiger partial charge in [-0.1, -0.05) is 6.92 Å². The van der Waals surface area contributed by atoms with E-state index in [1.54, 1.807) is 0 Å². The Labute approximate surface area is 80.6 Å². The van der Waals surface area contributed by atoms with Crippen LogP contribution in [0.1, 0.15) is 35.4 Å². The third kappa shape index (κ3) is 2.05. The summed E-state index contributed by atoms with van der Waals surface area (Å²) < 4.78 is 13.1. The van der Waals surface area contributed by atoms with E-state index < -0.39 is 17.5 Å². The average Bonchev–Trinajstić information content (AvgIpc) is 2.15. The molecule has 3 N–H and O–H groups in total. The molecule has 1 aromatic heterocycles. The highest BCUT2D eigenvalue weighted by atomic mass is 19.1. The van der Waals surface area contributed by atoms with Crippen molar-refractivity contribution in [3.63, 3.8) is 0 Å². The van der Waals surface area contributed by atoms with E-state index in [1.165, 1.54) is 6.20 Å². The van der Waals surface area contributed by atoms with Gasteiger partial charge in [-0.3, -0.25) is 0 Å². The van der Waals surface area contributed by atoms with Crippen molar-refractivity contribution in [3.05, 3.63) is 29.3 Å². The minimum atomic E-state index is -1.38. The highest BCUT2D eigenvalue weighted by Gasteiger charge is 2.14. The Morgan fingerprint density at radius 2 is 2.43 bits per heavy atom. The molecular weight excluding hydrogens is 187 g/mol. The molecule has 0 saturated carbocycles.